The van der Waals surface area contributed by atoms with Gasteiger partial charge >= 0.3 is 5.97 Å². The first-order valence-corrected chi connectivity index (χ1v) is 9.32. The lowest BCUT2D eigenvalue weighted by Gasteiger charge is -2.07. The van der Waals surface area contributed by atoms with E-state index < -0.39 is 40.9 Å². The standard InChI is InChI=1S/C18H17FN2O5S/c19-15-6-8-16(9-7-15)21-17(22)13-26-18(23)12-20-27(24,25)11-10-14-4-2-1-3-5-14/h1-11,20H,12-13H2,(H,21,22)/b11-10+. The molecule has 0 aliphatic carbocycles. The summed E-state index contributed by atoms with van der Waals surface area (Å²) in [5.74, 6) is -2.00. The first kappa shape index (κ1) is 20.3. The van der Waals surface area contributed by atoms with Crippen LogP contribution in [0, 0.1) is 5.82 Å². The van der Waals surface area contributed by atoms with Crippen LogP contribution in [0.15, 0.2) is 60.0 Å². The van der Waals surface area contributed by atoms with Gasteiger partial charge < -0.3 is 10.1 Å². The summed E-state index contributed by atoms with van der Waals surface area (Å²) in [6, 6.07) is 13.8. The Morgan fingerprint density at radius 3 is 2.37 bits per heavy atom. The zero-order chi connectivity index (χ0) is 19.7. The van der Waals surface area contributed by atoms with E-state index in [9.17, 15) is 22.4 Å². The molecule has 0 fully saturated rings. The zero-order valence-corrected chi connectivity index (χ0v) is 14.9. The van der Waals surface area contributed by atoms with Crippen LogP contribution in [0.2, 0.25) is 0 Å². The summed E-state index contributed by atoms with van der Waals surface area (Å²) < 4.78 is 43.1. The van der Waals surface area contributed by atoms with Gasteiger partial charge in [0, 0.05) is 11.1 Å². The van der Waals surface area contributed by atoms with Crippen molar-refractivity contribution in [1.29, 1.82) is 0 Å². The number of ether oxygens (including phenoxy) is 1. The van der Waals surface area contributed by atoms with Crippen molar-refractivity contribution in [2.75, 3.05) is 18.5 Å². The minimum absolute atomic E-state index is 0.337. The van der Waals surface area contributed by atoms with Gasteiger partial charge in [0.1, 0.15) is 12.4 Å². The number of anilines is 1. The van der Waals surface area contributed by atoms with Crippen molar-refractivity contribution in [3.05, 3.63) is 71.4 Å². The van der Waals surface area contributed by atoms with Crippen molar-refractivity contribution < 1.29 is 27.1 Å². The average Bonchev–Trinajstić information content (AvgIpc) is 2.66. The molecule has 0 radical (unpaired) electrons. The molecule has 2 aromatic rings. The van der Waals surface area contributed by atoms with Crippen molar-refractivity contribution in [2.45, 2.75) is 0 Å². The van der Waals surface area contributed by atoms with Gasteiger partial charge in [-0.3, -0.25) is 9.59 Å². The molecule has 0 heterocycles. The summed E-state index contributed by atoms with van der Waals surface area (Å²) in [5, 5.41) is 3.33. The lowest BCUT2D eigenvalue weighted by molar-refractivity contribution is -0.146. The first-order valence-electron chi connectivity index (χ1n) is 7.78. The molecule has 0 aromatic heterocycles. The van der Waals surface area contributed by atoms with Crippen LogP contribution in [0.25, 0.3) is 6.08 Å². The molecule has 2 N–H and O–H groups in total. The minimum atomic E-state index is -3.83. The molecule has 0 atom stereocenters. The normalized spacial score (nSPS) is 11.3. The van der Waals surface area contributed by atoms with Crippen LogP contribution < -0.4 is 10.0 Å². The third kappa shape index (κ3) is 7.80. The predicted molar refractivity (Wildman–Crippen MR) is 98.4 cm³/mol. The maximum Gasteiger partial charge on any atom is 0.321 e. The Balaban J connectivity index is 1.74. The third-order valence-electron chi connectivity index (χ3n) is 3.15. The largest absolute Gasteiger partial charge is 0.455 e. The van der Waals surface area contributed by atoms with Crippen LogP contribution in [0.5, 0.6) is 0 Å². The van der Waals surface area contributed by atoms with E-state index in [4.69, 9.17) is 0 Å². The number of nitrogens with one attached hydrogen (secondary N) is 2. The molecular formula is C18H17FN2O5S. The molecule has 142 valence electrons. The minimum Gasteiger partial charge on any atom is -0.455 e. The number of hydrogen-bond donors (Lipinski definition) is 2. The molecule has 0 spiro atoms. The Morgan fingerprint density at radius 2 is 1.70 bits per heavy atom. The van der Waals surface area contributed by atoms with E-state index in [0.29, 0.717) is 11.3 Å². The number of rotatable bonds is 8. The molecule has 0 unspecified atom stereocenters. The molecule has 9 heteroatoms. The highest BCUT2D eigenvalue weighted by Crippen LogP contribution is 2.08. The number of amides is 1. The van der Waals surface area contributed by atoms with Crippen LogP contribution in [-0.2, 0) is 24.3 Å². The first-order chi connectivity index (χ1) is 12.8. The summed E-state index contributed by atoms with van der Waals surface area (Å²) in [6.45, 7) is -1.22. The molecule has 2 aromatic carbocycles. The van der Waals surface area contributed by atoms with E-state index in [0.717, 1.165) is 5.41 Å². The zero-order valence-electron chi connectivity index (χ0n) is 14.1. The fourth-order valence-electron chi connectivity index (χ4n) is 1.87. The fraction of sp³-hybridized carbons (Fsp3) is 0.111. The second-order valence-electron chi connectivity index (χ2n) is 5.30. The number of sulfonamides is 1. The Kier molecular flexibility index (Phi) is 7.21. The van der Waals surface area contributed by atoms with Gasteiger partial charge in [-0.2, -0.15) is 0 Å². The number of carbonyl (C=O) groups is 2. The van der Waals surface area contributed by atoms with Crippen LogP contribution in [0.3, 0.4) is 0 Å². The molecule has 27 heavy (non-hydrogen) atoms. The van der Waals surface area contributed by atoms with Crippen molar-refractivity contribution in [3.63, 3.8) is 0 Å². The summed E-state index contributed by atoms with van der Waals surface area (Å²) in [4.78, 5) is 23.2. The summed E-state index contributed by atoms with van der Waals surface area (Å²) in [7, 11) is -3.83. The van der Waals surface area contributed by atoms with Gasteiger partial charge in [-0.25, -0.2) is 17.5 Å². The van der Waals surface area contributed by atoms with Crippen molar-refractivity contribution >= 4 is 33.7 Å². The van der Waals surface area contributed by atoms with Crippen molar-refractivity contribution in [3.8, 4) is 0 Å². The van der Waals surface area contributed by atoms with Crippen LogP contribution >= 0.6 is 0 Å². The Bertz CT molecular complexity index is 913. The lowest BCUT2D eigenvalue weighted by atomic mass is 10.2. The van der Waals surface area contributed by atoms with Gasteiger partial charge in [0.25, 0.3) is 5.91 Å². The van der Waals surface area contributed by atoms with Crippen LogP contribution in [0.4, 0.5) is 10.1 Å². The molecule has 0 aliphatic heterocycles. The molecule has 0 saturated carbocycles. The van der Waals surface area contributed by atoms with Gasteiger partial charge in [0.2, 0.25) is 10.0 Å². The van der Waals surface area contributed by atoms with Gasteiger partial charge in [-0.15, -0.1) is 0 Å². The predicted octanol–water partition coefficient (Wildman–Crippen LogP) is 1.90. The van der Waals surface area contributed by atoms with E-state index in [1.54, 1.807) is 30.3 Å². The molecule has 0 saturated heterocycles. The van der Waals surface area contributed by atoms with E-state index >= 15 is 0 Å². The number of carbonyl (C=O) groups excluding carboxylic acids is 2. The van der Waals surface area contributed by atoms with E-state index in [-0.39, 0.29) is 0 Å². The molecule has 1 amide bonds. The average molecular weight is 392 g/mol. The molecule has 2 rings (SSSR count). The Morgan fingerprint density at radius 1 is 1.04 bits per heavy atom. The lowest BCUT2D eigenvalue weighted by Crippen LogP contribution is -2.31. The highest BCUT2D eigenvalue weighted by molar-refractivity contribution is 7.92. The maximum absolute atomic E-state index is 12.8. The maximum atomic E-state index is 12.8. The third-order valence-corrected chi connectivity index (χ3v) is 4.19. The molecule has 7 nitrogen and oxygen atoms in total. The summed E-state index contributed by atoms with van der Waals surface area (Å²) in [5.41, 5.74) is 1.02. The number of esters is 1. The SMILES string of the molecule is O=C(COC(=O)CNS(=O)(=O)/C=C/c1ccccc1)Nc1ccc(F)cc1. The van der Waals surface area contributed by atoms with Gasteiger partial charge in [0.15, 0.2) is 6.61 Å². The highest BCUT2D eigenvalue weighted by Gasteiger charge is 2.12. The quantitative estimate of drug-likeness (QED) is 0.668. The van der Waals surface area contributed by atoms with E-state index in [1.807, 2.05) is 4.72 Å². The summed E-state index contributed by atoms with van der Waals surface area (Å²) in [6.07, 6.45) is 1.38. The van der Waals surface area contributed by atoms with Crippen molar-refractivity contribution in [2.24, 2.45) is 0 Å². The van der Waals surface area contributed by atoms with E-state index in [2.05, 4.69) is 10.1 Å². The van der Waals surface area contributed by atoms with Gasteiger partial charge in [-0.1, -0.05) is 30.3 Å². The van der Waals surface area contributed by atoms with E-state index in [1.165, 1.54) is 30.3 Å². The monoisotopic (exact) mass is 392 g/mol. The second-order valence-corrected chi connectivity index (χ2v) is 6.95. The Hall–Kier alpha value is -3.04. The highest BCUT2D eigenvalue weighted by atomic mass is 32.2. The second kappa shape index (κ2) is 9.60. The molecular weight excluding hydrogens is 375 g/mol. The Labute approximate surface area is 155 Å². The van der Waals surface area contributed by atoms with Crippen LogP contribution in [-0.4, -0.2) is 33.4 Å². The number of halogens is 1. The fourth-order valence-corrected chi connectivity index (χ4v) is 2.62. The van der Waals surface area contributed by atoms with Crippen LogP contribution in [0.1, 0.15) is 5.56 Å². The van der Waals surface area contributed by atoms with Crippen molar-refractivity contribution in [1.82, 2.24) is 4.72 Å². The molecule has 0 bridgehead atoms. The smallest absolute Gasteiger partial charge is 0.321 e. The summed E-state index contributed by atoms with van der Waals surface area (Å²) >= 11 is 0. The number of hydrogen-bond acceptors (Lipinski definition) is 5. The van der Waals surface area contributed by atoms with Gasteiger partial charge in [-0.05, 0) is 35.9 Å². The topological polar surface area (TPSA) is 102 Å². The van der Waals surface area contributed by atoms with Gasteiger partial charge in [0.05, 0.1) is 0 Å². The number of benzene rings is 2. The molecule has 0 aliphatic rings.